The number of anilines is 1. The maximum atomic E-state index is 5.20. The van der Waals surface area contributed by atoms with Gasteiger partial charge >= 0.3 is 0 Å². The van der Waals surface area contributed by atoms with E-state index in [1.807, 2.05) is 6.20 Å². The van der Waals surface area contributed by atoms with Gasteiger partial charge in [0, 0.05) is 56.1 Å². The molecule has 0 atom stereocenters. The fourth-order valence-corrected chi connectivity index (χ4v) is 2.31. The van der Waals surface area contributed by atoms with Crippen molar-refractivity contribution in [3.05, 3.63) is 22.3 Å². The van der Waals surface area contributed by atoms with Crippen molar-refractivity contribution in [1.29, 1.82) is 0 Å². The molecule has 0 bridgehead atoms. The van der Waals surface area contributed by atoms with E-state index in [0.29, 0.717) is 19.3 Å². The highest BCUT2D eigenvalue weighted by Crippen LogP contribution is 2.21. The lowest BCUT2D eigenvalue weighted by Gasteiger charge is -2.26. The lowest BCUT2D eigenvalue weighted by molar-refractivity contribution is 0.190. The smallest absolute Gasteiger partial charge is 0.133 e. The first kappa shape index (κ1) is 18.4. The highest BCUT2D eigenvalue weighted by molar-refractivity contribution is 9.10. The third kappa shape index (κ3) is 6.74. The van der Waals surface area contributed by atoms with E-state index in [4.69, 9.17) is 9.47 Å². The minimum absolute atomic E-state index is 0.434. The Labute approximate surface area is 136 Å². The molecule has 0 radical (unpaired) electrons. The monoisotopic (exact) mass is 359 g/mol. The number of methoxy groups -OCH3 is 2. The van der Waals surface area contributed by atoms with Gasteiger partial charge in [0.25, 0.3) is 0 Å². The van der Waals surface area contributed by atoms with Crippen LogP contribution in [0.15, 0.2) is 16.7 Å². The number of rotatable bonds is 10. The second kappa shape index (κ2) is 10.1. The quantitative estimate of drug-likeness (QED) is 0.695. The van der Waals surface area contributed by atoms with Gasteiger partial charge in [-0.2, -0.15) is 0 Å². The molecule has 5 nitrogen and oxygen atoms in total. The molecule has 1 rings (SSSR count). The van der Waals surface area contributed by atoms with Crippen molar-refractivity contribution in [2.75, 3.05) is 45.4 Å². The molecule has 0 unspecified atom stereocenters. The number of nitrogens with one attached hydrogen (secondary N) is 1. The first-order valence-electron chi connectivity index (χ1n) is 7.19. The molecule has 0 fully saturated rings. The van der Waals surface area contributed by atoms with Crippen LogP contribution in [0.25, 0.3) is 0 Å². The van der Waals surface area contributed by atoms with Crippen LogP contribution >= 0.6 is 15.9 Å². The molecule has 1 aromatic rings. The van der Waals surface area contributed by atoms with Gasteiger partial charge in [-0.15, -0.1) is 0 Å². The molecule has 0 spiro atoms. The summed E-state index contributed by atoms with van der Waals surface area (Å²) in [6.45, 7) is 7.98. The van der Waals surface area contributed by atoms with Gasteiger partial charge in [0.15, 0.2) is 0 Å². The van der Waals surface area contributed by atoms with E-state index in [-0.39, 0.29) is 0 Å². The Morgan fingerprint density at radius 2 is 1.86 bits per heavy atom. The molecule has 1 N–H and O–H groups in total. The Morgan fingerprint density at radius 3 is 2.38 bits per heavy atom. The van der Waals surface area contributed by atoms with Crippen LogP contribution in [0.2, 0.25) is 0 Å². The maximum Gasteiger partial charge on any atom is 0.133 e. The number of nitrogens with zero attached hydrogens (tertiary/aromatic N) is 2. The normalized spacial score (nSPS) is 11.1. The van der Waals surface area contributed by atoms with Gasteiger partial charge < -0.3 is 19.7 Å². The molecule has 1 aromatic heterocycles. The molecular weight excluding hydrogens is 334 g/mol. The standard InChI is InChI=1S/C15H26BrN3O2/c1-12(2)17-10-13-9-14(16)11-18-15(13)19(5-7-20-3)6-8-21-4/h9,11-12,17H,5-8,10H2,1-4H3. The summed E-state index contributed by atoms with van der Waals surface area (Å²) in [5, 5.41) is 3.45. The number of ether oxygens (including phenoxy) is 2. The summed E-state index contributed by atoms with van der Waals surface area (Å²) in [6.07, 6.45) is 1.83. The maximum absolute atomic E-state index is 5.20. The second-order valence-corrected chi connectivity index (χ2v) is 6.06. The van der Waals surface area contributed by atoms with Crippen LogP contribution in [0.3, 0.4) is 0 Å². The third-order valence-corrected chi connectivity index (χ3v) is 3.47. The molecule has 21 heavy (non-hydrogen) atoms. The summed E-state index contributed by atoms with van der Waals surface area (Å²) in [6, 6.07) is 2.55. The van der Waals surface area contributed by atoms with Gasteiger partial charge in [0.05, 0.1) is 13.2 Å². The topological polar surface area (TPSA) is 46.6 Å². The minimum atomic E-state index is 0.434. The van der Waals surface area contributed by atoms with Gasteiger partial charge in [-0.3, -0.25) is 0 Å². The van der Waals surface area contributed by atoms with E-state index in [2.05, 4.69) is 51.0 Å². The highest BCUT2D eigenvalue weighted by Gasteiger charge is 2.13. The molecule has 0 aliphatic carbocycles. The Hall–Kier alpha value is -0.690. The fraction of sp³-hybridized carbons (Fsp3) is 0.667. The first-order valence-corrected chi connectivity index (χ1v) is 7.98. The lowest BCUT2D eigenvalue weighted by atomic mass is 10.2. The van der Waals surface area contributed by atoms with Crippen molar-refractivity contribution in [3.63, 3.8) is 0 Å². The zero-order chi connectivity index (χ0) is 15.7. The van der Waals surface area contributed by atoms with Crippen molar-refractivity contribution in [2.45, 2.75) is 26.4 Å². The summed E-state index contributed by atoms with van der Waals surface area (Å²) in [5.74, 6) is 0.987. The average molecular weight is 360 g/mol. The van der Waals surface area contributed by atoms with Crippen LogP contribution < -0.4 is 10.2 Å². The largest absolute Gasteiger partial charge is 0.383 e. The number of aromatic nitrogens is 1. The lowest BCUT2D eigenvalue weighted by Crippen LogP contribution is -2.33. The molecular formula is C15H26BrN3O2. The summed E-state index contributed by atoms with van der Waals surface area (Å²) in [7, 11) is 3.43. The molecule has 0 aromatic carbocycles. The Balaban J connectivity index is 2.92. The Bertz CT molecular complexity index is 408. The van der Waals surface area contributed by atoms with Crippen molar-refractivity contribution in [1.82, 2.24) is 10.3 Å². The van der Waals surface area contributed by atoms with E-state index < -0.39 is 0 Å². The Morgan fingerprint density at radius 1 is 1.24 bits per heavy atom. The van der Waals surface area contributed by atoms with E-state index >= 15 is 0 Å². The second-order valence-electron chi connectivity index (χ2n) is 5.14. The van der Waals surface area contributed by atoms with Gasteiger partial charge in [-0.05, 0) is 22.0 Å². The number of halogens is 1. The van der Waals surface area contributed by atoms with Crippen molar-refractivity contribution in [3.8, 4) is 0 Å². The molecule has 120 valence electrons. The fourth-order valence-electron chi connectivity index (χ4n) is 1.93. The van der Waals surface area contributed by atoms with Crippen molar-refractivity contribution < 1.29 is 9.47 Å². The van der Waals surface area contributed by atoms with Crippen LogP contribution in [0.1, 0.15) is 19.4 Å². The van der Waals surface area contributed by atoms with E-state index in [0.717, 1.165) is 29.9 Å². The Kier molecular flexibility index (Phi) is 8.84. The molecule has 6 heteroatoms. The number of hydrogen-bond donors (Lipinski definition) is 1. The highest BCUT2D eigenvalue weighted by atomic mass is 79.9. The van der Waals surface area contributed by atoms with Crippen molar-refractivity contribution >= 4 is 21.7 Å². The average Bonchev–Trinajstić information content (AvgIpc) is 2.46. The minimum Gasteiger partial charge on any atom is -0.383 e. The third-order valence-electron chi connectivity index (χ3n) is 3.04. The van der Waals surface area contributed by atoms with Gasteiger partial charge in [0.1, 0.15) is 5.82 Å². The van der Waals surface area contributed by atoms with Crippen LogP contribution in [0.5, 0.6) is 0 Å². The molecule has 0 aliphatic rings. The molecule has 1 heterocycles. The van der Waals surface area contributed by atoms with Crippen LogP contribution in [-0.2, 0) is 16.0 Å². The van der Waals surface area contributed by atoms with E-state index in [9.17, 15) is 0 Å². The van der Waals surface area contributed by atoms with Crippen LogP contribution in [0, 0.1) is 0 Å². The van der Waals surface area contributed by atoms with Crippen LogP contribution in [-0.4, -0.2) is 51.5 Å². The summed E-state index contributed by atoms with van der Waals surface area (Å²) in [4.78, 5) is 6.80. The number of hydrogen-bond acceptors (Lipinski definition) is 5. The molecule has 0 saturated heterocycles. The zero-order valence-corrected chi connectivity index (χ0v) is 14.9. The first-order chi connectivity index (χ1) is 10.1. The van der Waals surface area contributed by atoms with E-state index in [1.165, 1.54) is 5.56 Å². The SMILES string of the molecule is COCCN(CCOC)c1ncc(Br)cc1CNC(C)C. The van der Waals surface area contributed by atoms with Gasteiger partial charge in [0.2, 0.25) is 0 Å². The molecule has 0 amide bonds. The van der Waals surface area contributed by atoms with Gasteiger partial charge in [-0.1, -0.05) is 13.8 Å². The molecule has 0 aliphatic heterocycles. The summed E-state index contributed by atoms with van der Waals surface area (Å²) in [5.41, 5.74) is 1.17. The predicted molar refractivity (Wildman–Crippen MR) is 89.9 cm³/mol. The zero-order valence-electron chi connectivity index (χ0n) is 13.4. The summed E-state index contributed by atoms with van der Waals surface area (Å²) >= 11 is 3.50. The van der Waals surface area contributed by atoms with Gasteiger partial charge in [-0.25, -0.2) is 4.98 Å². The van der Waals surface area contributed by atoms with Crippen molar-refractivity contribution in [2.24, 2.45) is 0 Å². The summed E-state index contributed by atoms with van der Waals surface area (Å²) < 4.78 is 11.4. The predicted octanol–water partition coefficient (Wildman–Crippen LogP) is 2.44. The molecule has 0 saturated carbocycles. The van der Waals surface area contributed by atoms with Crippen LogP contribution in [0.4, 0.5) is 5.82 Å². The van der Waals surface area contributed by atoms with E-state index in [1.54, 1.807) is 14.2 Å². The number of pyridine rings is 1.